The molecule has 4 heterocycles. The summed E-state index contributed by atoms with van der Waals surface area (Å²) < 4.78 is 38.3. The summed E-state index contributed by atoms with van der Waals surface area (Å²) in [5, 5.41) is 1.19. The van der Waals surface area contributed by atoms with Crippen LogP contribution in [0.4, 0.5) is 0 Å². The number of aryl methyl sites for hydroxylation is 1. The molecule has 8 nitrogen and oxygen atoms in total. The number of hydrogen-bond acceptors (Lipinski definition) is 7. The van der Waals surface area contributed by atoms with E-state index < -0.39 is 10.0 Å². The first-order valence-corrected chi connectivity index (χ1v) is 12.0. The summed E-state index contributed by atoms with van der Waals surface area (Å²) in [5.74, 6) is 0. The van der Waals surface area contributed by atoms with Gasteiger partial charge in [0, 0.05) is 57.6 Å². The Hall–Kier alpha value is -2.40. The van der Waals surface area contributed by atoms with Crippen LogP contribution >= 0.6 is 11.7 Å². The van der Waals surface area contributed by atoms with Crippen molar-refractivity contribution >= 4 is 43.8 Å². The van der Waals surface area contributed by atoms with Crippen LogP contribution in [-0.4, -0.2) is 68.6 Å². The Morgan fingerprint density at radius 2 is 1.90 bits per heavy atom. The molecule has 156 valence electrons. The van der Waals surface area contributed by atoms with Gasteiger partial charge in [0.25, 0.3) is 0 Å². The highest BCUT2D eigenvalue weighted by molar-refractivity contribution is 7.89. The van der Waals surface area contributed by atoms with E-state index in [4.69, 9.17) is 0 Å². The van der Waals surface area contributed by atoms with Crippen molar-refractivity contribution in [1.82, 2.24) is 27.5 Å². The van der Waals surface area contributed by atoms with Crippen LogP contribution in [0.5, 0.6) is 0 Å². The van der Waals surface area contributed by atoms with Crippen molar-refractivity contribution in [2.45, 2.75) is 11.3 Å². The molecular formula is C20H22N6O2S2. The van der Waals surface area contributed by atoms with Crippen molar-refractivity contribution in [1.29, 1.82) is 0 Å². The average Bonchev–Trinajstić information content (AvgIpc) is 3.37. The maximum absolute atomic E-state index is 13.2. The number of sulfonamides is 1. The third-order valence-corrected chi connectivity index (χ3v) is 8.18. The summed E-state index contributed by atoms with van der Waals surface area (Å²) in [5.41, 5.74) is 3.37. The van der Waals surface area contributed by atoms with Gasteiger partial charge in [0.15, 0.2) is 0 Å². The lowest BCUT2D eigenvalue weighted by atomic mass is 10.1. The van der Waals surface area contributed by atoms with E-state index in [1.54, 1.807) is 22.5 Å². The highest BCUT2D eigenvalue weighted by Crippen LogP contribution is 2.25. The fourth-order valence-electron chi connectivity index (χ4n) is 4.09. The molecule has 0 amide bonds. The first-order chi connectivity index (χ1) is 14.5. The van der Waals surface area contributed by atoms with Crippen LogP contribution < -0.4 is 0 Å². The summed E-state index contributed by atoms with van der Waals surface area (Å²) in [6, 6.07) is 9.22. The van der Waals surface area contributed by atoms with Gasteiger partial charge >= 0.3 is 0 Å². The molecule has 4 aromatic rings. The van der Waals surface area contributed by atoms with Gasteiger partial charge in [-0.25, -0.2) is 13.4 Å². The monoisotopic (exact) mass is 442 g/mol. The Morgan fingerprint density at radius 1 is 1.07 bits per heavy atom. The molecule has 0 atom stereocenters. The van der Waals surface area contributed by atoms with Crippen LogP contribution in [0.25, 0.3) is 22.1 Å². The lowest BCUT2D eigenvalue weighted by molar-refractivity contribution is 0.190. The zero-order valence-corrected chi connectivity index (χ0v) is 18.2. The summed E-state index contributed by atoms with van der Waals surface area (Å²) in [6.07, 6.45) is 4.87. The number of nitrogens with zero attached hydrogens (tertiary/aromatic N) is 6. The zero-order chi connectivity index (χ0) is 20.7. The van der Waals surface area contributed by atoms with Gasteiger partial charge in [-0.05, 0) is 36.2 Å². The van der Waals surface area contributed by atoms with Gasteiger partial charge in [-0.15, -0.1) is 0 Å². The number of pyridine rings is 1. The van der Waals surface area contributed by atoms with E-state index >= 15 is 0 Å². The molecule has 0 radical (unpaired) electrons. The number of aromatic nitrogens is 4. The first-order valence-electron chi connectivity index (χ1n) is 9.87. The van der Waals surface area contributed by atoms with Crippen molar-refractivity contribution in [3.05, 3.63) is 48.3 Å². The summed E-state index contributed by atoms with van der Waals surface area (Å²) in [7, 11) is -1.56. The van der Waals surface area contributed by atoms with Crippen LogP contribution in [0.2, 0.25) is 0 Å². The van der Waals surface area contributed by atoms with Gasteiger partial charge in [-0.2, -0.15) is 13.1 Å². The van der Waals surface area contributed by atoms with Gasteiger partial charge in [-0.3, -0.25) is 0 Å². The second-order valence-corrected chi connectivity index (χ2v) is 9.96. The Kier molecular flexibility index (Phi) is 5.02. The minimum absolute atomic E-state index is 0.255. The topological polar surface area (TPSA) is 84.2 Å². The average molecular weight is 443 g/mol. The quantitative estimate of drug-likeness (QED) is 0.471. The van der Waals surface area contributed by atoms with Gasteiger partial charge in [0.1, 0.15) is 21.6 Å². The maximum Gasteiger partial charge on any atom is 0.245 e. The molecule has 0 spiro atoms. The molecule has 0 unspecified atom stereocenters. The molecule has 3 aromatic heterocycles. The third kappa shape index (κ3) is 3.39. The van der Waals surface area contributed by atoms with Crippen molar-refractivity contribution in [3.63, 3.8) is 0 Å². The van der Waals surface area contributed by atoms with Gasteiger partial charge in [0.2, 0.25) is 10.0 Å². The zero-order valence-electron chi connectivity index (χ0n) is 16.6. The molecule has 30 heavy (non-hydrogen) atoms. The lowest BCUT2D eigenvalue weighted by Gasteiger charge is -2.33. The second-order valence-electron chi connectivity index (χ2n) is 7.52. The fourth-order valence-corrected chi connectivity index (χ4v) is 6.27. The smallest absolute Gasteiger partial charge is 0.245 e. The van der Waals surface area contributed by atoms with E-state index in [0.717, 1.165) is 30.3 Å². The molecule has 1 saturated heterocycles. The molecular weight excluding hydrogens is 420 g/mol. The molecule has 0 aliphatic carbocycles. The van der Waals surface area contributed by atoms with Crippen LogP contribution in [0.3, 0.4) is 0 Å². The van der Waals surface area contributed by atoms with E-state index in [9.17, 15) is 8.42 Å². The van der Waals surface area contributed by atoms with Crippen LogP contribution in [0, 0.1) is 0 Å². The fraction of sp³-hybridized carbons (Fsp3) is 0.350. The summed E-state index contributed by atoms with van der Waals surface area (Å²) in [6.45, 7) is 3.29. The Morgan fingerprint density at radius 3 is 2.73 bits per heavy atom. The van der Waals surface area contributed by atoms with E-state index in [2.05, 4.69) is 35.5 Å². The SMILES string of the molecule is Cn1cc(CCN2CCN(S(=O)(=O)c3cccc4nsnc34)CC2)c2cccnc21. The van der Waals surface area contributed by atoms with Crippen molar-refractivity contribution in [3.8, 4) is 0 Å². The normalized spacial score (nSPS) is 16.6. The number of piperazine rings is 1. The van der Waals surface area contributed by atoms with Crippen LogP contribution in [0.15, 0.2) is 47.6 Å². The summed E-state index contributed by atoms with van der Waals surface area (Å²) >= 11 is 1.04. The molecule has 0 N–H and O–H groups in total. The van der Waals surface area contributed by atoms with Crippen LogP contribution in [0.1, 0.15) is 5.56 Å². The molecule has 0 saturated carbocycles. The Balaban J connectivity index is 1.25. The molecule has 0 bridgehead atoms. The Labute approximate surface area is 179 Å². The lowest BCUT2D eigenvalue weighted by Crippen LogP contribution is -2.49. The standard InChI is InChI=1S/C20H22N6O2S2/c1-24-14-15(16-4-3-8-21-20(16)24)7-9-25-10-12-26(13-11-25)30(27,28)18-6-2-5-17-19(18)23-29-22-17/h2-6,8,14H,7,9-13H2,1H3. The number of benzene rings is 1. The Bertz CT molecular complexity index is 1310. The van der Waals surface area contributed by atoms with Gasteiger partial charge in [0.05, 0.1) is 11.7 Å². The predicted octanol–water partition coefficient (Wildman–Crippen LogP) is 2.13. The number of rotatable bonds is 5. The largest absolute Gasteiger partial charge is 0.335 e. The van der Waals surface area contributed by atoms with Crippen LogP contribution in [-0.2, 0) is 23.5 Å². The second kappa shape index (κ2) is 7.69. The molecule has 1 aliphatic heterocycles. The number of fused-ring (bicyclic) bond motifs is 2. The van der Waals surface area contributed by atoms with Crippen molar-refractivity contribution in [2.24, 2.45) is 7.05 Å². The van der Waals surface area contributed by atoms with Crippen molar-refractivity contribution < 1.29 is 8.42 Å². The van der Waals surface area contributed by atoms with Crippen molar-refractivity contribution in [2.75, 3.05) is 32.7 Å². The summed E-state index contributed by atoms with van der Waals surface area (Å²) in [4.78, 5) is 7.03. The molecule has 10 heteroatoms. The van der Waals surface area contributed by atoms with E-state index in [1.165, 1.54) is 10.9 Å². The number of hydrogen-bond donors (Lipinski definition) is 0. The molecule has 1 aromatic carbocycles. The molecule has 1 aliphatic rings. The third-order valence-electron chi connectivity index (χ3n) is 5.71. The predicted molar refractivity (Wildman–Crippen MR) is 117 cm³/mol. The molecule has 5 rings (SSSR count). The highest BCUT2D eigenvalue weighted by atomic mass is 32.2. The highest BCUT2D eigenvalue weighted by Gasteiger charge is 2.30. The van der Waals surface area contributed by atoms with E-state index in [1.807, 2.05) is 19.3 Å². The minimum Gasteiger partial charge on any atom is -0.335 e. The van der Waals surface area contributed by atoms with E-state index in [0.29, 0.717) is 37.2 Å². The van der Waals surface area contributed by atoms with Gasteiger partial charge in [-0.1, -0.05) is 6.07 Å². The molecule has 1 fully saturated rings. The van der Waals surface area contributed by atoms with Gasteiger partial charge < -0.3 is 9.47 Å². The maximum atomic E-state index is 13.2. The minimum atomic E-state index is -3.58. The first kappa shape index (κ1) is 19.6. The van der Waals surface area contributed by atoms with E-state index in [-0.39, 0.29) is 4.90 Å².